The predicted molar refractivity (Wildman–Crippen MR) is 126 cm³/mol. The van der Waals surface area contributed by atoms with E-state index in [1.807, 2.05) is 0 Å². The van der Waals surface area contributed by atoms with Crippen molar-refractivity contribution in [2.45, 2.75) is 34.1 Å². The molecule has 0 radical (unpaired) electrons. The van der Waals surface area contributed by atoms with E-state index in [4.69, 9.17) is 0 Å². The molecule has 3 aromatic carbocycles. The molecule has 0 saturated heterocycles. The normalized spacial score (nSPS) is 12.0. The molecular weight excluding hydrogens is 362 g/mol. The van der Waals surface area contributed by atoms with Crippen LogP contribution in [0.4, 0.5) is 0 Å². The van der Waals surface area contributed by atoms with E-state index in [-0.39, 0.29) is 0 Å². The van der Waals surface area contributed by atoms with Crippen molar-refractivity contribution in [3.63, 3.8) is 0 Å². The van der Waals surface area contributed by atoms with Gasteiger partial charge in [-0.3, -0.25) is 0 Å². The highest BCUT2D eigenvalue weighted by atomic mass is 14.9. The molecule has 0 saturated carbocycles. The molecule has 0 unspecified atom stereocenters. The van der Waals surface area contributed by atoms with E-state index in [1.165, 1.54) is 66.9 Å². The quantitative estimate of drug-likeness (QED) is 0.297. The zero-order valence-electron chi connectivity index (χ0n) is 18.5. The maximum Gasteiger partial charge on any atom is 0.213 e. The van der Waals surface area contributed by atoms with Gasteiger partial charge in [-0.25, -0.2) is 4.57 Å². The van der Waals surface area contributed by atoms with Crippen molar-refractivity contribution in [3.05, 3.63) is 100 Å². The molecule has 0 bridgehead atoms. The van der Waals surface area contributed by atoms with Gasteiger partial charge in [0.1, 0.15) is 7.05 Å². The first-order valence-electron chi connectivity index (χ1n) is 10.7. The van der Waals surface area contributed by atoms with Crippen LogP contribution in [0.15, 0.2) is 66.9 Å². The summed E-state index contributed by atoms with van der Waals surface area (Å²) in [6.45, 7) is 8.86. The van der Waals surface area contributed by atoms with E-state index in [2.05, 4.69) is 106 Å². The Morgan fingerprint density at radius 1 is 0.667 bits per heavy atom. The number of rotatable bonds is 2. The number of hydrogen-bond donors (Lipinski definition) is 0. The summed E-state index contributed by atoms with van der Waals surface area (Å²) in [5.41, 5.74) is 16.3. The molecule has 5 rings (SSSR count). The molecule has 1 nitrogen and oxygen atoms in total. The lowest BCUT2D eigenvalue weighted by Crippen LogP contribution is -2.32. The first kappa shape index (κ1) is 18.8. The Kier molecular flexibility index (Phi) is 4.36. The lowest BCUT2D eigenvalue weighted by molar-refractivity contribution is -0.660. The van der Waals surface area contributed by atoms with E-state index in [9.17, 15) is 0 Å². The van der Waals surface area contributed by atoms with E-state index < -0.39 is 0 Å². The number of aryl methyl sites for hydroxylation is 5. The SMILES string of the molecule is Cc1ccc2c(c1)Cc1c-2ccc(C)c1-c1cc(C)c(-c2ccccc2C)c[n+]1C. The van der Waals surface area contributed by atoms with Crippen LogP contribution in [-0.2, 0) is 13.5 Å². The summed E-state index contributed by atoms with van der Waals surface area (Å²) in [5, 5.41) is 0. The van der Waals surface area contributed by atoms with Crippen molar-refractivity contribution in [1.82, 2.24) is 0 Å². The fraction of sp³-hybridized carbons (Fsp3) is 0.207. The maximum absolute atomic E-state index is 2.37. The molecule has 0 spiro atoms. The van der Waals surface area contributed by atoms with Gasteiger partial charge in [-0.2, -0.15) is 0 Å². The third kappa shape index (κ3) is 2.89. The minimum Gasteiger partial charge on any atom is -0.200 e. The van der Waals surface area contributed by atoms with Gasteiger partial charge in [-0.15, -0.1) is 0 Å². The van der Waals surface area contributed by atoms with Crippen LogP contribution in [0, 0.1) is 27.7 Å². The molecule has 4 aromatic rings. The Morgan fingerprint density at radius 3 is 2.23 bits per heavy atom. The zero-order chi connectivity index (χ0) is 21.0. The third-order valence-electron chi connectivity index (χ3n) is 6.61. The molecule has 1 aliphatic carbocycles. The van der Waals surface area contributed by atoms with E-state index in [1.54, 1.807) is 0 Å². The smallest absolute Gasteiger partial charge is 0.200 e. The van der Waals surface area contributed by atoms with Gasteiger partial charge in [0, 0.05) is 11.6 Å². The first-order valence-corrected chi connectivity index (χ1v) is 10.7. The molecule has 0 N–H and O–H groups in total. The summed E-state index contributed by atoms with van der Waals surface area (Å²) in [6.07, 6.45) is 3.32. The number of pyridine rings is 1. The lowest BCUT2D eigenvalue weighted by atomic mass is 9.91. The van der Waals surface area contributed by atoms with Gasteiger partial charge in [0.25, 0.3) is 0 Å². The van der Waals surface area contributed by atoms with Crippen LogP contribution in [-0.4, -0.2) is 0 Å². The predicted octanol–water partition coefficient (Wildman–Crippen LogP) is 6.65. The summed E-state index contributed by atoms with van der Waals surface area (Å²) in [7, 11) is 2.18. The topological polar surface area (TPSA) is 3.88 Å². The Morgan fingerprint density at radius 2 is 1.43 bits per heavy atom. The standard InChI is InChI=1S/C29H28N/c1-18-10-12-24-22(14-18)16-26-25(24)13-11-20(3)29(26)28-15-21(4)27(17-30(28)5)23-9-7-6-8-19(23)2/h6-15,17H,16H2,1-5H3/q+1. The number of aromatic nitrogens is 1. The summed E-state index contributed by atoms with van der Waals surface area (Å²) in [4.78, 5) is 0. The van der Waals surface area contributed by atoms with Crippen LogP contribution >= 0.6 is 0 Å². The lowest BCUT2D eigenvalue weighted by Gasteiger charge is -2.14. The maximum atomic E-state index is 2.37. The van der Waals surface area contributed by atoms with Gasteiger partial charge in [-0.1, -0.05) is 60.2 Å². The molecular formula is C29H28N+. The van der Waals surface area contributed by atoms with Gasteiger partial charge >= 0.3 is 0 Å². The highest BCUT2D eigenvalue weighted by Crippen LogP contribution is 2.43. The first-order chi connectivity index (χ1) is 14.4. The summed E-state index contributed by atoms with van der Waals surface area (Å²) in [5.74, 6) is 0. The molecule has 30 heavy (non-hydrogen) atoms. The third-order valence-corrected chi connectivity index (χ3v) is 6.61. The average Bonchev–Trinajstić information content (AvgIpc) is 3.07. The summed E-state index contributed by atoms with van der Waals surface area (Å²) in [6, 6.07) is 22.5. The van der Waals surface area contributed by atoms with Crippen molar-refractivity contribution < 1.29 is 4.57 Å². The molecule has 1 heterocycles. The van der Waals surface area contributed by atoms with Crippen LogP contribution in [0.2, 0.25) is 0 Å². The van der Waals surface area contributed by atoms with Gasteiger partial charge in [0.2, 0.25) is 5.69 Å². The molecule has 1 aromatic heterocycles. The Hall–Kier alpha value is -3.19. The number of benzene rings is 3. The van der Waals surface area contributed by atoms with Gasteiger partial charge < -0.3 is 0 Å². The van der Waals surface area contributed by atoms with Crippen molar-refractivity contribution in [3.8, 4) is 33.5 Å². The minimum absolute atomic E-state index is 1.02. The molecule has 148 valence electrons. The Labute approximate surface area is 179 Å². The van der Waals surface area contributed by atoms with Crippen molar-refractivity contribution in [1.29, 1.82) is 0 Å². The second kappa shape index (κ2) is 6.95. The highest BCUT2D eigenvalue weighted by Gasteiger charge is 2.27. The zero-order valence-corrected chi connectivity index (χ0v) is 18.5. The van der Waals surface area contributed by atoms with Crippen LogP contribution in [0.5, 0.6) is 0 Å². The summed E-state index contributed by atoms with van der Waals surface area (Å²) >= 11 is 0. The van der Waals surface area contributed by atoms with Crippen LogP contribution in [0.1, 0.15) is 33.4 Å². The molecule has 0 atom stereocenters. The Balaban J connectivity index is 1.70. The number of fused-ring (bicyclic) bond motifs is 3. The second-order valence-corrected chi connectivity index (χ2v) is 8.80. The van der Waals surface area contributed by atoms with Gasteiger partial charge in [0.15, 0.2) is 6.20 Å². The molecule has 1 heteroatoms. The van der Waals surface area contributed by atoms with E-state index in [0.29, 0.717) is 0 Å². The molecule has 0 fully saturated rings. The van der Waals surface area contributed by atoms with Crippen LogP contribution in [0.25, 0.3) is 33.5 Å². The summed E-state index contributed by atoms with van der Waals surface area (Å²) < 4.78 is 2.31. The molecule has 1 aliphatic rings. The Bertz CT molecular complexity index is 1310. The molecule has 0 amide bonds. The number of hydrogen-bond acceptors (Lipinski definition) is 0. The second-order valence-electron chi connectivity index (χ2n) is 8.80. The molecule has 0 aliphatic heterocycles. The van der Waals surface area contributed by atoms with Crippen LogP contribution in [0.3, 0.4) is 0 Å². The monoisotopic (exact) mass is 390 g/mol. The van der Waals surface area contributed by atoms with Gasteiger partial charge in [0.05, 0.1) is 5.56 Å². The minimum atomic E-state index is 1.02. The van der Waals surface area contributed by atoms with Crippen molar-refractivity contribution in [2.24, 2.45) is 7.05 Å². The van der Waals surface area contributed by atoms with Crippen molar-refractivity contribution in [2.75, 3.05) is 0 Å². The fourth-order valence-corrected chi connectivity index (χ4v) is 5.03. The number of nitrogens with zero attached hydrogens (tertiary/aromatic N) is 1. The van der Waals surface area contributed by atoms with Gasteiger partial charge in [-0.05, 0) is 78.6 Å². The fourth-order valence-electron chi connectivity index (χ4n) is 5.03. The average molecular weight is 391 g/mol. The largest absolute Gasteiger partial charge is 0.213 e. The highest BCUT2D eigenvalue weighted by molar-refractivity contribution is 5.85. The van der Waals surface area contributed by atoms with Crippen LogP contribution < -0.4 is 4.57 Å². The van der Waals surface area contributed by atoms with Crippen molar-refractivity contribution >= 4 is 0 Å². The van der Waals surface area contributed by atoms with E-state index in [0.717, 1.165) is 6.42 Å². The van der Waals surface area contributed by atoms with E-state index >= 15 is 0 Å².